The molecule has 1 atom stereocenters. The third kappa shape index (κ3) is 4.03. The number of hydrogen-bond donors (Lipinski definition) is 1. The molecule has 0 bridgehead atoms. The van der Waals surface area contributed by atoms with Crippen molar-refractivity contribution in [2.75, 3.05) is 38.0 Å². The van der Waals surface area contributed by atoms with Crippen LogP contribution in [0.25, 0.3) is 0 Å². The number of ether oxygens (including phenoxy) is 1. The van der Waals surface area contributed by atoms with Gasteiger partial charge in [0.2, 0.25) is 0 Å². The fourth-order valence-electron chi connectivity index (χ4n) is 3.49. The number of pyridine rings is 1. The SMILES string of the molecule is O=C1Nc2ncccc2O[C@@H]1CCN1CCN(Cc2ccccc2)CC1. The summed E-state index contributed by atoms with van der Waals surface area (Å²) in [7, 11) is 0. The molecule has 0 unspecified atom stereocenters. The maximum atomic E-state index is 12.2. The van der Waals surface area contributed by atoms with Crippen LogP contribution in [0.4, 0.5) is 5.82 Å². The smallest absolute Gasteiger partial charge is 0.266 e. The predicted octanol–water partition coefficient (Wildman–Crippen LogP) is 1.99. The van der Waals surface area contributed by atoms with E-state index in [1.165, 1.54) is 5.56 Å². The van der Waals surface area contributed by atoms with Crippen LogP contribution in [-0.2, 0) is 11.3 Å². The number of nitrogens with one attached hydrogen (secondary N) is 1. The first-order valence-electron chi connectivity index (χ1n) is 9.19. The zero-order valence-electron chi connectivity index (χ0n) is 14.8. The number of piperazine rings is 1. The maximum absolute atomic E-state index is 12.2. The van der Waals surface area contributed by atoms with E-state index in [4.69, 9.17) is 4.74 Å². The van der Waals surface area contributed by atoms with E-state index in [2.05, 4.69) is 50.4 Å². The van der Waals surface area contributed by atoms with Crippen LogP contribution in [0, 0.1) is 0 Å². The number of anilines is 1. The third-order valence-corrected chi connectivity index (χ3v) is 5.00. The molecule has 2 aliphatic rings. The Bertz CT molecular complexity index is 744. The monoisotopic (exact) mass is 352 g/mol. The van der Waals surface area contributed by atoms with Crippen molar-refractivity contribution in [2.24, 2.45) is 0 Å². The van der Waals surface area contributed by atoms with Crippen molar-refractivity contribution in [1.29, 1.82) is 0 Å². The highest BCUT2D eigenvalue weighted by Gasteiger charge is 2.29. The summed E-state index contributed by atoms with van der Waals surface area (Å²) in [4.78, 5) is 21.2. The average Bonchev–Trinajstić information content (AvgIpc) is 2.68. The number of nitrogens with zero attached hydrogens (tertiary/aromatic N) is 3. The molecule has 136 valence electrons. The summed E-state index contributed by atoms with van der Waals surface area (Å²) in [5.41, 5.74) is 1.36. The number of hydrogen-bond acceptors (Lipinski definition) is 5. The number of benzene rings is 1. The Hall–Kier alpha value is -2.44. The standard InChI is InChI=1S/C20H24N4O2/c25-20-18(26-17-7-4-9-21-19(17)22-20)8-10-23-11-13-24(14-12-23)15-16-5-2-1-3-6-16/h1-7,9,18H,8,10-15H2,(H,21,22,25)/t18-/m1/s1. The molecule has 0 spiro atoms. The van der Waals surface area contributed by atoms with Crippen LogP contribution in [0.1, 0.15) is 12.0 Å². The molecule has 6 nitrogen and oxygen atoms in total. The minimum atomic E-state index is -0.436. The minimum absolute atomic E-state index is 0.0982. The molecule has 6 heteroatoms. The zero-order chi connectivity index (χ0) is 17.8. The van der Waals surface area contributed by atoms with Crippen LogP contribution in [-0.4, -0.2) is 59.5 Å². The molecule has 1 saturated heterocycles. The summed E-state index contributed by atoms with van der Waals surface area (Å²) in [5, 5.41) is 2.83. The van der Waals surface area contributed by atoms with E-state index < -0.39 is 6.10 Å². The minimum Gasteiger partial charge on any atom is -0.477 e. The van der Waals surface area contributed by atoms with Crippen molar-refractivity contribution in [1.82, 2.24) is 14.8 Å². The Morgan fingerprint density at radius 1 is 1.04 bits per heavy atom. The van der Waals surface area contributed by atoms with Crippen molar-refractivity contribution in [2.45, 2.75) is 19.1 Å². The van der Waals surface area contributed by atoms with Gasteiger partial charge in [-0.25, -0.2) is 4.98 Å². The highest BCUT2D eigenvalue weighted by atomic mass is 16.5. The molecule has 1 aromatic carbocycles. The van der Waals surface area contributed by atoms with Gasteiger partial charge in [0.1, 0.15) is 0 Å². The molecular formula is C20H24N4O2. The molecule has 1 aromatic heterocycles. The number of carbonyl (C=O) groups excluding carboxylic acids is 1. The highest BCUT2D eigenvalue weighted by molar-refractivity contribution is 5.96. The van der Waals surface area contributed by atoms with Gasteiger partial charge in [-0.2, -0.15) is 0 Å². The quantitative estimate of drug-likeness (QED) is 0.892. The van der Waals surface area contributed by atoms with Gasteiger partial charge in [-0.05, 0) is 17.7 Å². The molecule has 26 heavy (non-hydrogen) atoms. The second-order valence-corrected chi connectivity index (χ2v) is 6.84. The topological polar surface area (TPSA) is 57.7 Å². The van der Waals surface area contributed by atoms with Gasteiger partial charge in [-0.3, -0.25) is 9.69 Å². The molecule has 0 saturated carbocycles. The van der Waals surface area contributed by atoms with E-state index in [0.717, 1.165) is 39.3 Å². The largest absolute Gasteiger partial charge is 0.477 e. The Morgan fingerprint density at radius 2 is 1.81 bits per heavy atom. The normalized spacial score (nSPS) is 20.9. The number of carbonyl (C=O) groups is 1. The molecule has 3 heterocycles. The maximum Gasteiger partial charge on any atom is 0.266 e. The third-order valence-electron chi connectivity index (χ3n) is 5.00. The lowest BCUT2D eigenvalue weighted by molar-refractivity contribution is -0.124. The molecule has 2 aliphatic heterocycles. The Morgan fingerprint density at radius 3 is 2.62 bits per heavy atom. The lowest BCUT2D eigenvalue weighted by atomic mass is 10.1. The van der Waals surface area contributed by atoms with Crippen LogP contribution >= 0.6 is 0 Å². The molecule has 2 aromatic rings. The van der Waals surface area contributed by atoms with Gasteiger partial charge in [0, 0.05) is 51.9 Å². The molecule has 0 radical (unpaired) electrons. The summed E-state index contributed by atoms with van der Waals surface area (Å²) < 4.78 is 5.82. The van der Waals surface area contributed by atoms with E-state index in [1.54, 1.807) is 6.20 Å². The number of fused-ring (bicyclic) bond motifs is 1. The van der Waals surface area contributed by atoms with Crippen LogP contribution in [0.3, 0.4) is 0 Å². The van der Waals surface area contributed by atoms with Gasteiger partial charge in [0.05, 0.1) is 0 Å². The van der Waals surface area contributed by atoms with E-state index in [0.29, 0.717) is 18.0 Å². The van der Waals surface area contributed by atoms with E-state index in [1.807, 2.05) is 12.1 Å². The molecule has 1 N–H and O–H groups in total. The second-order valence-electron chi connectivity index (χ2n) is 6.84. The number of amides is 1. The second kappa shape index (κ2) is 7.85. The van der Waals surface area contributed by atoms with Gasteiger partial charge in [-0.1, -0.05) is 30.3 Å². The first-order chi connectivity index (χ1) is 12.8. The fourth-order valence-corrected chi connectivity index (χ4v) is 3.49. The van der Waals surface area contributed by atoms with Gasteiger partial charge >= 0.3 is 0 Å². The van der Waals surface area contributed by atoms with Crippen LogP contribution in [0.2, 0.25) is 0 Å². The summed E-state index contributed by atoms with van der Waals surface area (Å²) in [6.07, 6.45) is 1.91. The first-order valence-corrected chi connectivity index (χ1v) is 9.19. The predicted molar refractivity (Wildman–Crippen MR) is 100 cm³/mol. The highest BCUT2D eigenvalue weighted by Crippen LogP contribution is 2.27. The van der Waals surface area contributed by atoms with Gasteiger partial charge in [0.25, 0.3) is 5.91 Å². The summed E-state index contributed by atoms with van der Waals surface area (Å²) in [5.74, 6) is 1.08. The number of rotatable bonds is 5. The van der Waals surface area contributed by atoms with Gasteiger partial charge in [-0.15, -0.1) is 0 Å². The number of aromatic nitrogens is 1. The van der Waals surface area contributed by atoms with Crippen molar-refractivity contribution in [3.05, 3.63) is 54.2 Å². The van der Waals surface area contributed by atoms with E-state index in [-0.39, 0.29) is 5.91 Å². The molecule has 1 amide bonds. The van der Waals surface area contributed by atoms with Crippen molar-refractivity contribution in [3.8, 4) is 5.75 Å². The van der Waals surface area contributed by atoms with Crippen LogP contribution < -0.4 is 10.1 Å². The average molecular weight is 352 g/mol. The molecule has 1 fully saturated rings. The fraction of sp³-hybridized carbons (Fsp3) is 0.400. The lowest BCUT2D eigenvalue weighted by Gasteiger charge is -2.35. The van der Waals surface area contributed by atoms with Crippen LogP contribution in [0.15, 0.2) is 48.7 Å². The zero-order valence-corrected chi connectivity index (χ0v) is 14.8. The lowest BCUT2D eigenvalue weighted by Crippen LogP contribution is -2.47. The van der Waals surface area contributed by atoms with Crippen LogP contribution in [0.5, 0.6) is 5.75 Å². The molecule has 0 aliphatic carbocycles. The van der Waals surface area contributed by atoms with Crippen molar-refractivity contribution in [3.63, 3.8) is 0 Å². The summed E-state index contributed by atoms with van der Waals surface area (Å²) >= 11 is 0. The Kier molecular flexibility index (Phi) is 5.13. The summed E-state index contributed by atoms with van der Waals surface area (Å²) in [6, 6.07) is 14.3. The van der Waals surface area contributed by atoms with Crippen molar-refractivity contribution >= 4 is 11.7 Å². The van der Waals surface area contributed by atoms with Crippen molar-refractivity contribution < 1.29 is 9.53 Å². The summed E-state index contributed by atoms with van der Waals surface area (Å²) in [6.45, 7) is 6.04. The van der Waals surface area contributed by atoms with Gasteiger partial charge < -0.3 is 15.0 Å². The molecular weight excluding hydrogens is 328 g/mol. The Balaban J connectivity index is 1.23. The first kappa shape index (κ1) is 17.0. The Labute approximate surface area is 153 Å². The van der Waals surface area contributed by atoms with E-state index >= 15 is 0 Å². The van der Waals surface area contributed by atoms with E-state index in [9.17, 15) is 4.79 Å². The molecule has 4 rings (SSSR count). The van der Waals surface area contributed by atoms with Gasteiger partial charge in [0.15, 0.2) is 17.7 Å².